The Kier molecular flexibility index (Phi) is 4.10. The maximum absolute atomic E-state index is 13.1. The second-order valence-electron chi connectivity index (χ2n) is 5.82. The molecule has 0 radical (unpaired) electrons. The molecular formula is C17H15ClN7O+. The quantitative estimate of drug-likeness (QED) is 0.736. The zero-order valence-electron chi connectivity index (χ0n) is 13.6. The second kappa shape index (κ2) is 6.57. The second-order valence-corrected chi connectivity index (χ2v) is 6.23. The van der Waals surface area contributed by atoms with Crippen LogP contribution in [0.5, 0.6) is 0 Å². The number of fused-ring (bicyclic) bond motifs is 1. The van der Waals surface area contributed by atoms with E-state index >= 15 is 0 Å². The molecule has 0 saturated carbocycles. The van der Waals surface area contributed by atoms with E-state index in [0.29, 0.717) is 22.4 Å². The van der Waals surface area contributed by atoms with E-state index in [0.717, 1.165) is 5.56 Å². The van der Waals surface area contributed by atoms with Crippen molar-refractivity contribution in [3.63, 3.8) is 0 Å². The molecular weight excluding hydrogens is 354 g/mol. The van der Waals surface area contributed by atoms with Gasteiger partial charge in [0.1, 0.15) is 17.6 Å². The predicted molar refractivity (Wildman–Crippen MR) is 95.3 cm³/mol. The van der Waals surface area contributed by atoms with Crippen molar-refractivity contribution in [2.24, 2.45) is 5.92 Å². The summed E-state index contributed by atoms with van der Waals surface area (Å²) >= 11 is 6.40. The number of nitrogens with one attached hydrogen (secondary N) is 3. The van der Waals surface area contributed by atoms with Crippen LogP contribution in [0, 0.1) is 5.92 Å². The first-order valence-electron chi connectivity index (χ1n) is 7.90. The van der Waals surface area contributed by atoms with Crippen LogP contribution >= 0.6 is 11.6 Å². The van der Waals surface area contributed by atoms with Gasteiger partial charge >= 0.3 is 0 Å². The molecule has 0 bridgehead atoms. The number of benzene rings is 1. The van der Waals surface area contributed by atoms with Gasteiger partial charge in [0.15, 0.2) is 12.4 Å². The molecule has 9 heteroatoms. The van der Waals surface area contributed by atoms with E-state index in [-0.39, 0.29) is 5.91 Å². The largest absolute Gasteiger partial charge is 0.326 e. The number of nitrogens with zero attached hydrogens (tertiary/aromatic N) is 4. The summed E-state index contributed by atoms with van der Waals surface area (Å²) in [6.45, 7) is 4.01. The molecule has 130 valence electrons. The Morgan fingerprint density at radius 2 is 2.15 bits per heavy atom. The van der Waals surface area contributed by atoms with Crippen LogP contribution in [0.25, 0.3) is 0 Å². The summed E-state index contributed by atoms with van der Waals surface area (Å²) in [6.07, 6.45) is 3.46. The number of tetrazole rings is 1. The average Bonchev–Trinajstić information content (AvgIpc) is 3.10. The molecule has 3 aromatic rings. The van der Waals surface area contributed by atoms with Gasteiger partial charge in [0.05, 0.1) is 0 Å². The van der Waals surface area contributed by atoms with Gasteiger partial charge in [0.25, 0.3) is 0 Å². The number of carbonyl (C=O) groups excluding carboxylic acids is 1. The van der Waals surface area contributed by atoms with Crippen LogP contribution < -0.4 is 15.6 Å². The first-order chi connectivity index (χ1) is 12.6. The fourth-order valence-electron chi connectivity index (χ4n) is 3.04. The van der Waals surface area contributed by atoms with Gasteiger partial charge in [-0.2, -0.15) is 0 Å². The van der Waals surface area contributed by atoms with Gasteiger partial charge < -0.3 is 10.6 Å². The Morgan fingerprint density at radius 3 is 2.92 bits per heavy atom. The molecule has 0 saturated heterocycles. The number of anilines is 2. The van der Waals surface area contributed by atoms with Crippen LogP contribution in [0.15, 0.2) is 61.1 Å². The number of aromatic nitrogens is 5. The van der Waals surface area contributed by atoms with Gasteiger partial charge in [-0.25, -0.2) is 9.67 Å². The van der Waals surface area contributed by atoms with Gasteiger partial charge in [-0.3, -0.25) is 4.79 Å². The maximum Gasteiger partial charge on any atom is 0.247 e. The molecule has 3 N–H and O–H groups in total. The van der Waals surface area contributed by atoms with E-state index in [1.807, 2.05) is 18.2 Å². The number of rotatable bonds is 3. The molecule has 2 atom stereocenters. The van der Waals surface area contributed by atoms with Crippen molar-refractivity contribution >= 4 is 29.1 Å². The molecule has 0 spiro atoms. The molecule has 2 aromatic heterocycles. The number of halogens is 1. The van der Waals surface area contributed by atoms with Crippen molar-refractivity contribution in [2.75, 3.05) is 10.6 Å². The molecule has 1 aliphatic rings. The van der Waals surface area contributed by atoms with Crippen molar-refractivity contribution in [1.82, 2.24) is 20.2 Å². The fraction of sp³-hybridized carbons (Fsp3) is 0.118. The Hall–Kier alpha value is -3.26. The summed E-state index contributed by atoms with van der Waals surface area (Å²) in [4.78, 5) is 16.0. The van der Waals surface area contributed by atoms with Crippen molar-refractivity contribution < 1.29 is 9.78 Å². The van der Waals surface area contributed by atoms with E-state index in [1.165, 1.54) is 0 Å². The Morgan fingerprint density at radius 1 is 1.31 bits per heavy atom. The third-order valence-corrected chi connectivity index (χ3v) is 4.54. The molecule has 3 heterocycles. The van der Waals surface area contributed by atoms with Crippen LogP contribution in [0.2, 0.25) is 5.02 Å². The lowest BCUT2D eigenvalue weighted by molar-refractivity contribution is -0.377. The van der Waals surface area contributed by atoms with Crippen molar-refractivity contribution in [2.45, 2.75) is 6.04 Å². The summed E-state index contributed by atoms with van der Waals surface area (Å²) in [6, 6.07) is 10.4. The van der Waals surface area contributed by atoms with E-state index < -0.39 is 12.0 Å². The zero-order valence-corrected chi connectivity index (χ0v) is 14.3. The summed E-state index contributed by atoms with van der Waals surface area (Å²) in [5, 5.41) is 18.1. The van der Waals surface area contributed by atoms with Crippen molar-refractivity contribution in [3.8, 4) is 0 Å². The third-order valence-electron chi connectivity index (χ3n) is 4.20. The monoisotopic (exact) mass is 368 g/mol. The molecule has 1 aliphatic heterocycles. The smallest absolute Gasteiger partial charge is 0.247 e. The zero-order chi connectivity index (χ0) is 18.1. The fourth-order valence-corrected chi connectivity index (χ4v) is 3.28. The Bertz CT molecular complexity index is 972. The Balaban J connectivity index is 1.77. The van der Waals surface area contributed by atoms with Gasteiger partial charge in [0.2, 0.25) is 11.9 Å². The van der Waals surface area contributed by atoms with Gasteiger partial charge in [-0.05, 0) is 28.1 Å². The predicted octanol–water partition coefficient (Wildman–Crippen LogP) is 1.92. The van der Waals surface area contributed by atoms with Crippen LogP contribution in [-0.4, -0.2) is 26.1 Å². The lowest BCUT2D eigenvalue weighted by Crippen LogP contribution is -2.39. The number of hydrogen-bond acceptors (Lipinski definition) is 5. The Labute approximate surface area is 153 Å². The first-order valence-corrected chi connectivity index (χ1v) is 8.28. The molecule has 2 unspecified atom stereocenters. The molecule has 4 rings (SSSR count). The van der Waals surface area contributed by atoms with Crippen LogP contribution in [0.3, 0.4) is 0 Å². The number of H-pyrrole nitrogens is 1. The van der Waals surface area contributed by atoms with E-state index in [2.05, 4.69) is 37.7 Å². The maximum atomic E-state index is 13.1. The molecule has 26 heavy (non-hydrogen) atoms. The number of amides is 1. The lowest BCUT2D eigenvalue weighted by atomic mass is 9.88. The summed E-state index contributed by atoms with van der Waals surface area (Å²) in [7, 11) is 0. The highest BCUT2D eigenvalue weighted by Gasteiger charge is 2.40. The molecule has 0 aliphatic carbocycles. The SMILES string of the molecule is C=C1Nc2nnnn2C(c2ccccc2Cl)C1C(=O)Nc1ccc[nH+]c1. The normalized spacial score (nSPS) is 18.7. The minimum atomic E-state index is -0.661. The number of carbonyl (C=O) groups is 1. The highest BCUT2D eigenvalue weighted by Crippen LogP contribution is 2.39. The van der Waals surface area contributed by atoms with E-state index in [9.17, 15) is 4.79 Å². The van der Waals surface area contributed by atoms with Gasteiger partial charge in [0, 0.05) is 16.8 Å². The topological polar surface area (TPSA) is 98.9 Å². The minimum absolute atomic E-state index is 0.242. The van der Waals surface area contributed by atoms with Crippen LogP contribution in [-0.2, 0) is 4.79 Å². The van der Waals surface area contributed by atoms with Crippen molar-refractivity contribution in [3.05, 3.63) is 71.7 Å². The van der Waals surface area contributed by atoms with Crippen LogP contribution in [0.4, 0.5) is 11.6 Å². The van der Waals surface area contributed by atoms with Gasteiger partial charge in [-0.1, -0.05) is 41.5 Å². The lowest BCUT2D eigenvalue weighted by Gasteiger charge is -2.33. The van der Waals surface area contributed by atoms with Crippen LogP contribution in [0.1, 0.15) is 11.6 Å². The molecule has 1 amide bonds. The number of pyridine rings is 1. The highest BCUT2D eigenvalue weighted by molar-refractivity contribution is 6.31. The molecule has 8 nitrogen and oxygen atoms in total. The van der Waals surface area contributed by atoms with Gasteiger partial charge in [-0.15, -0.1) is 0 Å². The standard InChI is InChI=1S/C17H14ClN7O/c1-10-14(16(26)21-11-5-4-8-19-9-11)15(12-6-2-3-7-13(12)18)25-17(20-10)22-23-24-25/h2-9,14-15H,1H2,(H,21,26)(H,20,22,24)/p+1. The summed E-state index contributed by atoms with van der Waals surface area (Å²) in [5.74, 6) is -0.490. The highest BCUT2D eigenvalue weighted by atomic mass is 35.5. The number of hydrogen-bond donors (Lipinski definition) is 2. The number of aromatic amines is 1. The minimum Gasteiger partial charge on any atom is -0.326 e. The summed E-state index contributed by atoms with van der Waals surface area (Å²) in [5.41, 5.74) is 1.88. The third kappa shape index (κ3) is 2.80. The summed E-state index contributed by atoms with van der Waals surface area (Å²) < 4.78 is 1.55. The average molecular weight is 369 g/mol. The van der Waals surface area contributed by atoms with Crippen molar-refractivity contribution in [1.29, 1.82) is 0 Å². The van der Waals surface area contributed by atoms with E-state index in [4.69, 9.17) is 11.6 Å². The molecule has 0 fully saturated rings. The first kappa shape index (κ1) is 16.2. The molecule has 1 aromatic carbocycles. The van der Waals surface area contributed by atoms with E-state index in [1.54, 1.807) is 35.3 Å².